The Morgan fingerprint density at radius 2 is 1.61 bits per heavy atom. The number of amides is 3. The summed E-state index contributed by atoms with van der Waals surface area (Å²) in [6.07, 6.45) is 0.235. The number of hydrogen-bond acceptors (Lipinski definition) is 4. The van der Waals surface area contributed by atoms with Crippen molar-refractivity contribution in [3.63, 3.8) is 0 Å². The Labute approximate surface area is 134 Å². The summed E-state index contributed by atoms with van der Waals surface area (Å²) in [6.45, 7) is 5.00. The van der Waals surface area contributed by atoms with Crippen LogP contribution in [0.5, 0.6) is 0 Å². The molecule has 0 atom stereocenters. The lowest BCUT2D eigenvalue weighted by Gasteiger charge is -2.25. The molecule has 122 valence electrons. The van der Waals surface area contributed by atoms with E-state index < -0.39 is 5.54 Å². The first-order valence-corrected chi connectivity index (χ1v) is 7.47. The van der Waals surface area contributed by atoms with Gasteiger partial charge in [-0.2, -0.15) is 0 Å². The molecule has 0 aromatic heterocycles. The molecule has 0 saturated heterocycles. The van der Waals surface area contributed by atoms with Crippen LogP contribution in [-0.2, 0) is 9.59 Å². The molecule has 1 aliphatic rings. The Morgan fingerprint density at radius 1 is 1.09 bits per heavy atom. The summed E-state index contributed by atoms with van der Waals surface area (Å²) in [7, 11) is 0. The second-order valence-electron chi connectivity index (χ2n) is 6.37. The molecule has 0 aliphatic carbocycles. The molecular formula is C17H20N2O4. The van der Waals surface area contributed by atoms with Gasteiger partial charge < -0.3 is 5.32 Å². The highest BCUT2D eigenvalue weighted by atomic mass is 16.2. The Hall–Kier alpha value is -2.50. The number of nitrogens with one attached hydrogen (secondary N) is 1. The number of carbonyl (C=O) groups excluding carboxylic acids is 4. The van der Waals surface area contributed by atoms with E-state index in [1.807, 2.05) is 0 Å². The van der Waals surface area contributed by atoms with E-state index in [1.54, 1.807) is 38.1 Å². The molecule has 0 saturated carbocycles. The average molecular weight is 316 g/mol. The summed E-state index contributed by atoms with van der Waals surface area (Å²) in [5, 5.41) is 2.75. The van der Waals surface area contributed by atoms with E-state index in [0.29, 0.717) is 11.1 Å². The van der Waals surface area contributed by atoms with Crippen LogP contribution in [0.1, 0.15) is 54.3 Å². The van der Waals surface area contributed by atoms with Gasteiger partial charge in [0.15, 0.2) is 0 Å². The predicted octanol–water partition coefficient (Wildman–Crippen LogP) is 1.55. The topological polar surface area (TPSA) is 83.6 Å². The fourth-order valence-electron chi connectivity index (χ4n) is 2.76. The van der Waals surface area contributed by atoms with Crippen molar-refractivity contribution in [3.05, 3.63) is 35.4 Å². The number of benzene rings is 1. The number of hydrogen-bond donors (Lipinski definition) is 1. The van der Waals surface area contributed by atoms with Crippen molar-refractivity contribution < 1.29 is 19.2 Å². The van der Waals surface area contributed by atoms with Gasteiger partial charge in [-0.1, -0.05) is 12.1 Å². The molecule has 2 rings (SSSR count). The second kappa shape index (κ2) is 6.32. The maximum atomic E-state index is 12.2. The van der Waals surface area contributed by atoms with Crippen molar-refractivity contribution in [1.29, 1.82) is 0 Å². The number of rotatable bonds is 6. The van der Waals surface area contributed by atoms with Gasteiger partial charge in [-0.25, -0.2) is 0 Å². The average Bonchev–Trinajstić information content (AvgIpc) is 2.67. The largest absolute Gasteiger partial charge is 0.351 e. The van der Waals surface area contributed by atoms with Crippen molar-refractivity contribution in [2.24, 2.45) is 0 Å². The van der Waals surface area contributed by atoms with Gasteiger partial charge in [0, 0.05) is 24.9 Å². The zero-order valence-corrected chi connectivity index (χ0v) is 13.5. The quantitative estimate of drug-likeness (QED) is 0.807. The number of carbonyl (C=O) groups is 4. The van der Waals surface area contributed by atoms with Crippen LogP contribution in [0.15, 0.2) is 24.3 Å². The van der Waals surface area contributed by atoms with Gasteiger partial charge in [-0.3, -0.25) is 24.1 Å². The maximum Gasteiger partial charge on any atom is 0.261 e. The molecule has 0 bridgehead atoms. The number of Topliss-reactive ketones (excluding diaryl/α,β-unsaturated/α-hetero) is 1. The Balaban J connectivity index is 1.95. The van der Waals surface area contributed by atoms with Crippen LogP contribution >= 0.6 is 0 Å². The molecule has 6 nitrogen and oxygen atoms in total. The van der Waals surface area contributed by atoms with Crippen molar-refractivity contribution in [2.45, 2.75) is 39.2 Å². The highest BCUT2D eigenvalue weighted by molar-refractivity contribution is 6.21. The normalized spacial score (nSPS) is 14.0. The third-order valence-electron chi connectivity index (χ3n) is 3.61. The number of fused-ring (bicyclic) bond motifs is 1. The van der Waals surface area contributed by atoms with Gasteiger partial charge in [-0.05, 0) is 32.9 Å². The molecule has 1 heterocycles. The zero-order valence-electron chi connectivity index (χ0n) is 13.5. The summed E-state index contributed by atoms with van der Waals surface area (Å²) in [5.74, 6) is -1.06. The van der Waals surface area contributed by atoms with Crippen LogP contribution in [0.4, 0.5) is 0 Å². The molecule has 0 fully saturated rings. The van der Waals surface area contributed by atoms with Gasteiger partial charge in [0.1, 0.15) is 5.78 Å². The summed E-state index contributed by atoms with van der Waals surface area (Å²) in [4.78, 5) is 48.6. The molecular weight excluding hydrogens is 296 g/mol. The number of imide groups is 1. The van der Waals surface area contributed by atoms with Gasteiger partial charge in [0.25, 0.3) is 11.8 Å². The standard InChI is InChI=1S/C17H20N2O4/c1-11(20)10-17(2,3)18-14(21)8-9-19-15(22)12-6-4-5-7-13(12)16(19)23/h4-7H,8-10H2,1-3H3,(H,18,21). The molecule has 6 heteroatoms. The molecule has 1 aromatic rings. The maximum absolute atomic E-state index is 12.2. The van der Waals surface area contributed by atoms with Gasteiger partial charge in [-0.15, -0.1) is 0 Å². The van der Waals surface area contributed by atoms with E-state index in [2.05, 4.69) is 5.32 Å². The van der Waals surface area contributed by atoms with Crippen LogP contribution in [0.2, 0.25) is 0 Å². The van der Waals surface area contributed by atoms with Crippen LogP contribution in [-0.4, -0.2) is 40.5 Å². The highest BCUT2D eigenvalue weighted by Crippen LogP contribution is 2.22. The SMILES string of the molecule is CC(=O)CC(C)(C)NC(=O)CCN1C(=O)c2ccccc2C1=O. The summed E-state index contributed by atoms with van der Waals surface area (Å²) >= 11 is 0. The van der Waals surface area contributed by atoms with Gasteiger partial charge in [0.05, 0.1) is 11.1 Å². The monoisotopic (exact) mass is 316 g/mol. The molecule has 0 spiro atoms. The third kappa shape index (κ3) is 3.83. The minimum Gasteiger partial charge on any atom is -0.351 e. The Kier molecular flexibility index (Phi) is 4.63. The fourth-order valence-corrected chi connectivity index (χ4v) is 2.76. The third-order valence-corrected chi connectivity index (χ3v) is 3.61. The number of ketones is 1. The minimum atomic E-state index is -0.648. The van der Waals surface area contributed by atoms with E-state index in [0.717, 1.165) is 4.90 Å². The second-order valence-corrected chi connectivity index (χ2v) is 6.37. The van der Waals surface area contributed by atoms with Crippen molar-refractivity contribution >= 4 is 23.5 Å². The fraction of sp³-hybridized carbons (Fsp3) is 0.412. The molecule has 3 amide bonds. The van der Waals surface area contributed by atoms with E-state index in [4.69, 9.17) is 0 Å². The van der Waals surface area contributed by atoms with Crippen LogP contribution in [0.25, 0.3) is 0 Å². The predicted molar refractivity (Wildman–Crippen MR) is 83.9 cm³/mol. The van der Waals surface area contributed by atoms with Gasteiger partial charge >= 0.3 is 0 Å². The van der Waals surface area contributed by atoms with E-state index in [-0.39, 0.29) is 42.9 Å². The van der Waals surface area contributed by atoms with Gasteiger partial charge in [0.2, 0.25) is 5.91 Å². The van der Waals surface area contributed by atoms with Crippen LogP contribution in [0, 0.1) is 0 Å². The first-order chi connectivity index (χ1) is 10.7. The lowest BCUT2D eigenvalue weighted by molar-refractivity contribution is -0.123. The molecule has 23 heavy (non-hydrogen) atoms. The summed E-state index contributed by atoms with van der Waals surface area (Å²) in [6, 6.07) is 6.60. The Morgan fingerprint density at radius 3 is 2.09 bits per heavy atom. The molecule has 1 N–H and O–H groups in total. The van der Waals surface area contributed by atoms with E-state index in [1.165, 1.54) is 6.92 Å². The Bertz CT molecular complexity index is 644. The lowest BCUT2D eigenvalue weighted by atomic mass is 9.98. The summed E-state index contributed by atoms with van der Waals surface area (Å²) in [5.41, 5.74) is 0.0925. The first kappa shape index (κ1) is 16.9. The van der Waals surface area contributed by atoms with Crippen LogP contribution in [0.3, 0.4) is 0 Å². The van der Waals surface area contributed by atoms with Crippen LogP contribution < -0.4 is 5.32 Å². The van der Waals surface area contributed by atoms with Crippen molar-refractivity contribution in [2.75, 3.05) is 6.54 Å². The van der Waals surface area contributed by atoms with E-state index >= 15 is 0 Å². The smallest absolute Gasteiger partial charge is 0.261 e. The molecule has 1 aromatic carbocycles. The molecule has 0 radical (unpaired) electrons. The highest BCUT2D eigenvalue weighted by Gasteiger charge is 2.35. The lowest BCUT2D eigenvalue weighted by Crippen LogP contribution is -2.45. The minimum absolute atomic E-state index is 0.00675. The zero-order chi connectivity index (χ0) is 17.2. The molecule has 0 unspecified atom stereocenters. The molecule has 1 aliphatic heterocycles. The first-order valence-electron chi connectivity index (χ1n) is 7.47. The summed E-state index contributed by atoms with van der Waals surface area (Å²) < 4.78 is 0. The number of nitrogens with zero attached hydrogens (tertiary/aromatic N) is 1. The van der Waals surface area contributed by atoms with E-state index in [9.17, 15) is 19.2 Å². The van der Waals surface area contributed by atoms with Crippen molar-refractivity contribution in [3.8, 4) is 0 Å². The van der Waals surface area contributed by atoms with Crippen molar-refractivity contribution in [1.82, 2.24) is 10.2 Å².